The zero-order chi connectivity index (χ0) is 7.42. The molecule has 0 N–H and O–H groups in total. The van der Waals surface area contributed by atoms with E-state index >= 15 is 0 Å². The van der Waals surface area contributed by atoms with E-state index in [0.717, 1.165) is 24.0 Å². The normalized spacial score (nSPS) is 50.5. The van der Waals surface area contributed by atoms with Gasteiger partial charge in [-0.2, -0.15) is 0 Å². The van der Waals surface area contributed by atoms with E-state index in [1.54, 1.807) is 0 Å². The molecule has 3 atom stereocenters. The van der Waals surface area contributed by atoms with Crippen molar-refractivity contribution in [1.82, 2.24) is 4.90 Å². The second-order valence-electron chi connectivity index (χ2n) is 4.65. The van der Waals surface area contributed by atoms with Gasteiger partial charge in [0.25, 0.3) is 0 Å². The Morgan fingerprint density at radius 3 is 2.27 bits per heavy atom. The molecule has 2 saturated carbocycles. The molecule has 1 heteroatoms. The lowest BCUT2D eigenvalue weighted by atomic mass is 10.0. The molecule has 11 heavy (non-hydrogen) atoms. The van der Waals surface area contributed by atoms with E-state index in [9.17, 15) is 0 Å². The van der Waals surface area contributed by atoms with E-state index in [2.05, 4.69) is 11.8 Å². The van der Waals surface area contributed by atoms with Gasteiger partial charge in [0.05, 0.1) is 0 Å². The van der Waals surface area contributed by atoms with Crippen molar-refractivity contribution >= 4 is 0 Å². The third kappa shape index (κ3) is 0.807. The summed E-state index contributed by atoms with van der Waals surface area (Å²) in [5, 5.41) is 0. The summed E-state index contributed by atoms with van der Waals surface area (Å²) in [6.45, 7) is 2.45. The van der Waals surface area contributed by atoms with Gasteiger partial charge in [-0.1, -0.05) is 0 Å². The summed E-state index contributed by atoms with van der Waals surface area (Å²) in [4.78, 5) is 2.83. The van der Waals surface area contributed by atoms with Gasteiger partial charge in [-0.15, -0.1) is 0 Å². The number of nitrogens with zero attached hydrogens (tertiary/aromatic N) is 1. The highest BCUT2D eigenvalue weighted by Gasteiger charge is 2.48. The van der Waals surface area contributed by atoms with Crippen LogP contribution in [0.15, 0.2) is 0 Å². The predicted octanol–water partition coefficient (Wildman–Crippen LogP) is 2.02. The second kappa shape index (κ2) is 2.01. The molecule has 3 rings (SSSR count). The van der Waals surface area contributed by atoms with Gasteiger partial charge < -0.3 is 0 Å². The minimum absolute atomic E-state index is 0.932. The quantitative estimate of drug-likeness (QED) is 0.554. The molecule has 0 amide bonds. The van der Waals surface area contributed by atoms with Gasteiger partial charge >= 0.3 is 0 Å². The fourth-order valence-electron chi connectivity index (χ4n) is 3.28. The highest BCUT2D eigenvalue weighted by Crippen LogP contribution is 2.47. The molecule has 1 aliphatic heterocycles. The zero-order valence-electron chi connectivity index (χ0n) is 7.29. The minimum Gasteiger partial charge on any atom is -0.294 e. The van der Waals surface area contributed by atoms with E-state index in [1.807, 2.05) is 0 Å². The van der Waals surface area contributed by atoms with Gasteiger partial charge in [0.1, 0.15) is 0 Å². The Kier molecular flexibility index (Phi) is 1.18. The van der Waals surface area contributed by atoms with Crippen LogP contribution in [0.25, 0.3) is 0 Å². The van der Waals surface area contributed by atoms with Crippen LogP contribution >= 0.6 is 0 Å². The van der Waals surface area contributed by atoms with Gasteiger partial charge in [-0.05, 0) is 44.9 Å². The third-order valence-corrected chi connectivity index (χ3v) is 3.99. The maximum atomic E-state index is 2.83. The van der Waals surface area contributed by atoms with Crippen molar-refractivity contribution in [3.63, 3.8) is 0 Å². The van der Waals surface area contributed by atoms with Crippen molar-refractivity contribution < 1.29 is 0 Å². The maximum absolute atomic E-state index is 2.83. The molecule has 2 aliphatic carbocycles. The number of piperidine rings is 1. The van der Waals surface area contributed by atoms with Crippen molar-refractivity contribution in [2.45, 2.75) is 57.2 Å². The summed E-state index contributed by atoms with van der Waals surface area (Å²) in [5.41, 5.74) is 0. The van der Waals surface area contributed by atoms with Gasteiger partial charge in [-0.25, -0.2) is 0 Å². The second-order valence-corrected chi connectivity index (χ2v) is 4.65. The number of fused-ring (bicyclic) bond motifs is 2. The van der Waals surface area contributed by atoms with Crippen LogP contribution in [0.5, 0.6) is 0 Å². The molecule has 0 aromatic carbocycles. The minimum atomic E-state index is 0.932. The van der Waals surface area contributed by atoms with Crippen LogP contribution in [0.3, 0.4) is 0 Å². The third-order valence-electron chi connectivity index (χ3n) is 3.99. The molecule has 2 unspecified atom stereocenters. The Labute approximate surface area is 68.8 Å². The Morgan fingerprint density at radius 1 is 1.00 bits per heavy atom. The summed E-state index contributed by atoms with van der Waals surface area (Å²) >= 11 is 0. The van der Waals surface area contributed by atoms with Gasteiger partial charge in [0.15, 0.2) is 0 Å². The first-order valence-corrected chi connectivity index (χ1v) is 5.13. The average molecular weight is 151 g/mol. The van der Waals surface area contributed by atoms with Crippen LogP contribution < -0.4 is 0 Å². The van der Waals surface area contributed by atoms with Gasteiger partial charge in [0, 0.05) is 18.1 Å². The summed E-state index contributed by atoms with van der Waals surface area (Å²) in [5.74, 6) is 1.07. The fourth-order valence-corrected chi connectivity index (χ4v) is 3.28. The van der Waals surface area contributed by atoms with E-state index in [-0.39, 0.29) is 0 Å². The smallest absolute Gasteiger partial charge is 0.0104 e. The molecule has 3 fully saturated rings. The van der Waals surface area contributed by atoms with Crippen LogP contribution in [-0.4, -0.2) is 23.0 Å². The van der Waals surface area contributed by atoms with E-state index < -0.39 is 0 Å². The van der Waals surface area contributed by atoms with Crippen molar-refractivity contribution in [3.05, 3.63) is 0 Å². The number of hydrogen-bond donors (Lipinski definition) is 0. The topological polar surface area (TPSA) is 3.24 Å². The molecule has 0 aromatic heterocycles. The number of likely N-dealkylation sites (tertiary alicyclic amines) is 1. The van der Waals surface area contributed by atoms with Gasteiger partial charge in [-0.3, -0.25) is 4.90 Å². The van der Waals surface area contributed by atoms with Crippen LogP contribution in [0.2, 0.25) is 0 Å². The molecular formula is C10H17N. The van der Waals surface area contributed by atoms with Crippen LogP contribution in [0.4, 0.5) is 0 Å². The lowest BCUT2D eigenvalue weighted by Crippen LogP contribution is -2.40. The van der Waals surface area contributed by atoms with Crippen molar-refractivity contribution in [2.75, 3.05) is 0 Å². The van der Waals surface area contributed by atoms with Crippen molar-refractivity contribution in [1.29, 1.82) is 0 Å². The number of hydrogen-bond acceptors (Lipinski definition) is 1. The van der Waals surface area contributed by atoms with Crippen molar-refractivity contribution in [2.24, 2.45) is 5.92 Å². The first-order chi connectivity index (χ1) is 5.36. The first kappa shape index (κ1) is 6.47. The molecular weight excluding hydrogens is 134 g/mol. The van der Waals surface area contributed by atoms with Crippen LogP contribution in [0.1, 0.15) is 39.0 Å². The molecule has 0 aromatic rings. The van der Waals surface area contributed by atoms with E-state index in [4.69, 9.17) is 0 Å². The Bertz CT molecular complexity index is 172. The SMILES string of the molecule is C[C@H]1C2CCC(C2)N1C1CC1. The molecule has 1 heterocycles. The van der Waals surface area contributed by atoms with E-state index in [1.165, 1.54) is 32.1 Å². The molecule has 1 nitrogen and oxygen atoms in total. The fraction of sp³-hybridized carbons (Fsp3) is 1.00. The summed E-state index contributed by atoms with van der Waals surface area (Å²) in [7, 11) is 0. The molecule has 0 spiro atoms. The Hall–Kier alpha value is -0.0400. The zero-order valence-corrected chi connectivity index (χ0v) is 7.29. The summed E-state index contributed by atoms with van der Waals surface area (Å²) in [6.07, 6.45) is 7.54. The lowest BCUT2D eigenvalue weighted by molar-refractivity contribution is 0.141. The predicted molar refractivity (Wildman–Crippen MR) is 45.5 cm³/mol. The largest absolute Gasteiger partial charge is 0.294 e. The molecule has 3 aliphatic rings. The van der Waals surface area contributed by atoms with Crippen LogP contribution in [0, 0.1) is 5.92 Å². The van der Waals surface area contributed by atoms with Crippen LogP contribution in [-0.2, 0) is 0 Å². The molecule has 1 saturated heterocycles. The standard InChI is InChI=1S/C10H17N/c1-7-8-2-3-10(6-8)11(7)9-4-5-9/h7-10H,2-6H2,1H3/t7-,8?,10?/m0/s1. The highest BCUT2D eigenvalue weighted by atomic mass is 15.3. The molecule has 2 bridgehead atoms. The Morgan fingerprint density at radius 2 is 1.73 bits per heavy atom. The highest BCUT2D eigenvalue weighted by molar-refractivity contribution is 5.03. The summed E-state index contributed by atoms with van der Waals surface area (Å²) < 4.78 is 0. The van der Waals surface area contributed by atoms with E-state index in [0.29, 0.717) is 0 Å². The van der Waals surface area contributed by atoms with Gasteiger partial charge in [0.2, 0.25) is 0 Å². The first-order valence-electron chi connectivity index (χ1n) is 5.13. The summed E-state index contributed by atoms with van der Waals surface area (Å²) in [6, 6.07) is 2.95. The maximum Gasteiger partial charge on any atom is 0.0104 e. The molecule has 62 valence electrons. The lowest BCUT2D eigenvalue weighted by Gasteiger charge is -2.32. The monoisotopic (exact) mass is 151 g/mol. The molecule has 0 radical (unpaired) electrons. The Balaban J connectivity index is 1.82. The van der Waals surface area contributed by atoms with Crippen molar-refractivity contribution in [3.8, 4) is 0 Å². The average Bonchev–Trinajstić information content (AvgIpc) is 2.62. The number of rotatable bonds is 1.